The monoisotopic (exact) mass is 256 g/mol. The van der Waals surface area contributed by atoms with Crippen molar-refractivity contribution in [3.8, 4) is 0 Å². The molecule has 0 bridgehead atoms. The van der Waals surface area contributed by atoms with Gasteiger partial charge in [0.25, 0.3) is 0 Å². The highest BCUT2D eigenvalue weighted by atomic mass is 32.2. The van der Waals surface area contributed by atoms with Crippen LogP contribution in [0, 0.1) is 5.92 Å². The van der Waals surface area contributed by atoms with Gasteiger partial charge in [0.2, 0.25) is 5.91 Å². The number of nitrogens with zero attached hydrogens (tertiary/aromatic N) is 1. The zero-order chi connectivity index (χ0) is 12.3. The molecule has 2 unspecified atom stereocenters. The Balaban J connectivity index is 1.83. The van der Waals surface area contributed by atoms with Gasteiger partial charge < -0.3 is 10.2 Å². The molecule has 98 valence electrons. The first-order valence-corrected chi connectivity index (χ1v) is 8.04. The number of carbonyl (C=O) groups excluding carboxylic acids is 1. The van der Waals surface area contributed by atoms with E-state index in [1.165, 1.54) is 6.42 Å². The molecule has 2 saturated heterocycles. The summed E-state index contributed by atoms with van der Waals surface area (Å²) >= 11 is 1.94. The molecule has 4 heteroatoms. The molecule has 0 aromatic carbocycles. The first kappa shape index (κ1) is 13.2. The fourth-order valence-corrected chi connectivity index (χ4v) is 3.51. The molecule has 1 amide bonds. The van der Waals surface area contributed by atoms with Crippen LogP contribution in [0.2, 0.25) is 0 Å². The summed E-state index contributed by atoms with van der Waals surface area (Å²) in [5.74, 6) is 1.03. The van der Waals surface area contributed by atoms with Crippen molar-refractivity contribution < 1.29 is 4.79 Å². The van der Waals surface area contributed by atoms with Crippen molar-refractivity contribution in [1.29, 1.82) is 0 Å². The van der Waals surface area contributed by atoms with Crippen LogP contribution in [0.15, 0.2) is 0 Å². The van der Waals surface area contributed by atoms with Gasteiger partial charge in [0.05, 0.1) is 6.04 Å². The molecule has 2 rings (SSSR count). The van der Waals surface area contributed by atoms with Crippen LogP contribution < -0.4 is 5.32 Å². The molecule has 3 nitrogen and oxygen atoms in total. The van der Waals surface area contributed by atoms with E-state index < -0.39 is 0 Å². The minimum atomic E-state index is 0.0876. The SMILES string of the molecule is CSC1CCN(C(=O)C2CC(C)CCN2)CC1. The lowest BCUT2D eigenvalue weighted by molar-refractivity contribution is -0.135. The highest BCUT2D eigenvalue weighted by Crippen LogP contribution is 2.23. The highest BCUT2D eigenvalue weighted by molar-refractivity contribution is 7.99. The Bertz CT molecular complexity index is 264. The van der Waals surface area contributed by atoms with Crippen molar-refractivity contribution in [2.75, 3.05) is 25.9 Å². The molecular weight excluding hydrogens is 232 g/mol. The number of likely N-dealkylation sites (tertiary alicyclic amines) is 1. The maximum atomic E-state index is 12.4. The quantitative estimate of drug-likeness (QED) is 0.816. The van der Waals surface area contributed by atoms with E-state index in [0.717, 1.165) is 44.1 Å². The largest absolute Gasteiger partial charge is 0.341 e. The van der Waals surface area contributed by atoms with E-state index in [2.05, 4.69) is 23.4 Å². The molecule has 2 atom stereocenters. The van der Waals surface area contributed by atoms with Gasteiger partial charge in [-0.1, -0.05) is 6.92 Å². The van der Waals surface area contributed by atoms with Crippen molar-refractivity contribution in [2.24, 2.45) is 5.92 Å². The van der Waals surface area contributed by atoms with Gasteiger partial charge in [0.1, 0.15) is 0 Å². The predicted octanol–water partition coefficient (Wildman–Crippen LogP) is 1.73. The molecule has 1 N–H and O–H groups in total. The van der Waals surface area contributed by atoms with E-state index >= 15 is 0 Å². The summed E-state index contributed by atoms with van der Waals surface area (Å²) in [6, 6.07) is 0.0876. The van der Waals surface area contributed by atoms with E-state index in [1.54, 1.807) is 0 Å². The molecule has 2 heterocycles. The number of carbonyl (C=O) groups is 1. The first-order valence-electron chi connectivity index (χ1n) is 6.75. The van der Waals surface area contributed by atoms with Gasteiger partial charge in [-0.2, -0.15) is 11.8 Å². The number of amides is 1. The van der Waals surface area contributed by atoms with Crippen LogP contribution >= 0.6 is 11.8 Å². The predicted molar refractivity (Wildman–Crippen MR) is 73.3 cm³/mol. The zero-order valence-corrected chi connectivity index (χ0v) is 11.8. The lowest BCUT2D eigenvalue weighted by Gasteiger charge is -2.36. The van der Waals surface area contributed by atoms with Crippen molar-refractivity contribution in [2.45, 2.75) is 43.9 Å². The maximum absolute atomic E-state index is 12.4. The van der Waals surface area contributed by atoms with Crippen LogP contribution in [0.3, 0.4) is 0 Å². The Morgan fingerprint density at radius 1 is 1.29 bits per heavy atom. The Kier molecular flexibility index (Phi) is 4.74. The van der Waals surface area contributed by atoms with Crippen molar-refractivity contribution in [3.63, 3.8) is 0 Å². The minimum Gasteiger partial charge on any atom is -0.341 e. The van der Waals surface area contributed by atoms with Crippen LogP contribution in [0.25, 0.3) is 0 Å². The van der Waals surface area contributed by atoms with Gasteiger partial charge in [-0.3, -0.25) is 4.79 Å². The smallest absolute Gasteiger partial charge is 0.239 e. The third-order valence-corrected chi connectivity index (χ3v) is 5.19. The summed E-state index contributed by atoms with van der Waals surface area (Å²) in [7, 11) is 0. The van der Waals surface area contributed by atoms with E-state index in [-0.39, 0.29) is 6.04 Å². The maximum Gasteiger partial charge on any atom is 0.239 e. The van der Waals surface area contributed by atoms with E-state index in [9.17, 15) is 4.79 Å². The Hall–Kier alpha value is -0.220. The second-order valence-corrected chi connectivity index (χ2v) is 6.53. The van der Waals surface area contributed by atoms with E-state index in [1.807, 2.05) is 11.8 Å². The van der Waals surface area contributed by atoms with Crippen molar-refractivity contribution in [3.05, 3.63) is 0 Å². The summed E-state index contributed by atoms with van der Waals surface area (Å²) in [6.45, 7) is 5.16. The van der Waals surface area contributed by atoms with Gasteiger partial charge in [-0.15, -0.1) is 0 Å². The van der Waals surface area contributed by atoms with E-state index in [4.69, 9.17) is 0 Å². The molecule has 2 aliphatic rings. The Morgan fingerprint density at radius 3 is 2.59 bits per heavy atom. The number of hydrogen-bond acceptors (Lipinski definition) is 3. The zero-order valence-electron chi connectivity index (χ0n) is 10.9. The number of piperidine rings is 2. The fraction of sp³-hybridized carbons (Fsp3) is 0.923. The third-order valence-electron chi connectivity index (χ3n) is 4.05. The Morgan fingerprint density at radius 2 is 2.00 bits per heavy atom. The summed E-state index contributed by atoms with van der Waals surface area (Å²) in [5.41, 5.74) is 0. The second-order valence-electron chi connectivity index (χ2n) is 5.40. The summed E-state index contributed by atoms with van der Waals surface area (Å²) in [6.07, 6.45) is 6.72. The molecule has 0 aliphatic carbocycles. The van der Waals surface area contributed by atoms with Crippen LogP contribution in [0.1, 0.15) is 32.6 Å². The number of nitrogens with one attached hydrogen (secondary N) is 1. The van der Waals surface area contributed by atoms with Crippen molar-refractivity contribution >= 4 is 17.7 Å². The summed E-state index contributed by atoms with van der Waals surface area (Å²) in [5, 5.41) is 4.14. The minimum absolute atomic E-state index is 0.0876. The molecular formula is C13H24N2OS. The average Bonchev–Trinajstić information content (AvgIpc) is 2.38. The van der Waals surface area contributed by atoms with Gasteiger partial charge in [-0.05, 0) is 44.4 Å². The molecule has 2 fully saturated rings. The first-order chi connectivity index (χ1) is 8.20. The van der Waals surface area contributed by atoms with Crippen LogP contribution in [0.4, 0.5) is 0 Å². The molecule has 0 spiro atoms. The second kappa shape index (κ2) is 6.10. The van der Waals surface area contributed by atoms with Gasteiger partial charge in [-0.25, -0.2) is 0 Å². The molecule has 0 aromatic heterocycles. The lowest BCUT2D eigenvalue weighted by Crippen LogP contribution is -2.52. The van der Waals surface area contributed by atoms with Crippen LogP contribution in [-0.4, -0.2) is 48.0 Å². The van der Waals surface area contributed by atoms with Crippen LogP contribution in [-0.2, 0) is 4.79 Å². The normalized spacial score (nSPS) is 31.5. The van der Waals surface area contributed by atoms with Crippen LogP contribution in [0.5, 0.6) is 0 Å². The third kappa shape index (κ3) is 3.38. The Labute approximate surface area is 109 Å². The standard InChI is InChI=1S/C13H24N2OS/c1-10-3-6-14-12(9-10)13(16)15-7-4-11(17-2)5-8-15/h10-12,14H,3-9H2,1-2H3. The number of hydrogen-bond donors (Lipinski definition) is 1. The van der Waals surface area contributed by atoms with Gasteiger partial charge in [0.15, 0.2) is 0 Å². The lowest BCUT2D eigenvalue weighted by atomic mass is 9.93. The summed E-state index contributed by atoms with van der Waals surface area (Å²) in [4.78, 5) is 14.4. The highest BCUT2D eigenvalue weighted by Gasteiger charge is 2.30. The van der Waals surface area contributed by atoms with Gasteiger partial charge >= 0.3 is 0 Å². The number of rotatable bonds is 2. The fourth-order valence-electron chi connectivity index (χ4n) is 2.83. The summed E-state index contributed by atoms with van der Waals surface area (Å²) < 4.78 is 0. The number of thioether (sulfide) groups is 1. The molecule has 0 saturated carbocycles. The van der Waals surface area contributed by atoms with E-state index in [0.29, 0.717) is 11.8 Å². The molecule has 2 aliphatic heterocycles. The van der Waals surface area contributed by atoms with Gasteiger partial charge in [0, 0.05) is 18.3 Å². The topological polar surface area (TPSA) is 32.3 Å². The van der Waals surface area contributed by atoms with Crippen molar-refractivity contribution in [1.82, 2.24) is 10.2 Å². The molecule has 0 aromatic rings. The molecule has 17 heavy (non-hydrogen) atoms. The molecule has 0 radical (unpaired) electrons. The average molecular weight is 256 g/mol.